The molecule has 82 valence electrons. The fraction of sp³-hybridized carbons (Fsp3) is 0.727. The molecule has 0 radical (unpaired) electrons. The van der Waals surface area contributed by atoms with E-state index in [4.69, 9.17) is 0 Å². The van der Waals surface area contributed by atoms with Crippen molar-refractivity contribution in [3.63, 3.8) is 0 Å². The van der Waals surface area contributed by atoms with Crippen molar-refractivity contribution in [2.24, 2.45) is 11.8 Å². The molecule has 0 aromatic carbocycles. The summed E-state index contributed by atoms with van der Waals surface area (Å²) in [5.41, 5.74) is 0.993. The zero-order valence-electron chi connectivity index (χ0n) is 9.57. The second-order valence-corrected chi connectivity index (χ2v) is 4.03. The van der Waals surface area contributed by atoms with Gasteiger partial charge < -0.3 is 9.84 Å². The number of aliphatic hydroxyl groups excluding tert-OH is 1. The van der Waals surface area contributed by atoms with Gasteiger partial charge in [0.1, 0.15) is 0 Å². The molecule has 0 amide bonds. The molecule has 0 aromatic rings. The molecule has 0 aliphatic rings. The minimum absolute atomic E-state index is 0.0630. The van der Waals surface area contributed by atoms with Gasteiger partial charge in [-0.05, 0) is 19.8 Å². The van der Waals surface area contributed by atoms with E-state index in [-0.39, 0.29) is 11.9 Å². The third-order valence-corrected chi connectivity index (χ3v) is 2.06. The van der Waals surface area contributed by atoms with E-state index in [2.05, 4.69) is 4.74 Å². The zero-order valence-corrected chi connectivity index (χ0v) is 9.57. The Kier molecular flexibility index (Phi) is 5.46. The third-order valence-electron chi connectivity index (χ3n) is 2.06. The molecule has 0 heterocycles. The Morgan fingerprint density at radius 2 is 1.86 bits per heavy atom. The van der Waals surface area contributed by atoms with Crippen molar-refractivity contribution in [1.29, 1.82) is 0 Å². The van der Waals surface area contributed by atoms with Crippen LogP contribution in [0.15, 0.2) is 11.6 Å². The number of hydrogen-bond acceptors (Lipinski definition) is 3. The van der Waals surface area contributed by atoms with E-state index < -0.39 is 12.0 Å². The highest BCUT2D eigenvalue weighted by atomic mass is 16.5. The van der Waals surface area contributed by atoms with E-state index >= 15 is 0 Å². The Morgan fingerprint density at radius 3 is 2.14 bits per heavy atom. The van der Waals surface area contributed by atoms with Crippen LogP contribution in [0.4, 0.5) is 0 Å². The van der Waals surface area contributed by atoms with Crippen molar-refractivity contribution in [2.75, 3.05) is 7.11 Å². The summed E-state index contributed by atoms with van der Waals surface area (Å²) >= 11 is 0. The van der Waals surface area contributed by atoms with Crippen molar-refractivity contribution < 1.29 is 14.6 Å². The number of rotatable bonds is 4. The van der Waals surface area contributed by atoms with E-state index in [0.717, 1.165) is 5.57 Å². The number of carbonyl (C=O) groups excluding carboxylic acids is 1. The van der Waals surface area contributed by atoms with E-state index in [1.165, 1.54) is 7.11 Å². The van der Waals surface area contributed by atoms with Gasteiger partial charge in [0.05, 0.1) is 19.1 Å². The minimum Gasteiger partial charge on any atom is -0.469 e. The normalized spacial score (nSPS) is 14.8. The summed E-state index contributed by atoms with van der Waals surface area (Å²) in [6.07, 6.45) is 0.925. The largest absolute Gasteiger partial charge is 0.469 e. The number of carbonyl (C=O) groups is 1. The molecule has 2 unspecified atom stereocenters. The van der Waals surface area contributed by atoms with Crippen LogP contribution in [0.3, 0.4) is 0 Å². The van der Waals surface area contributed by atoms with Crippen LogP contribution in [-0.4, -0.2) is 24.3 Å². The molecule has 3 nitrogen and oxygen atoms in total. The van der Waals surface area contributed by atoms with Gasteiger partial charge in [-0.2, -0.15) is 0 Å². The van der Waals surface area contributed by atoms with Gasteiger partial charge in [0, 0.05) is 0 Å². The highest BCUT2D eigenvalue weighted by molar-refractivity contribution is 5.73. The van der Waals surface area contributed by atoms with Crippen LogP contribution < -0.4 is 0 Å². The summed E-state index contributed by atoms with van der Waals surface area (Å²) in [5.74, 6) is -0.770. The first kappa shape index (κ1) is 13.2. The second kappa shape index (κ2) is 5.81. The highest BCUT2D eigenvalue weighted by Crippen LogP contribution is 2.19. The fourth-order valence-electron chi connectivity index (χ4n) is 1.39. The maximum absolute atomic E-state index is 11.4. The average molecular weight is 200 g/mol. The Balaban J connectivity index is 4.66. The molecule has 3 heteroatoms. The minimum atomic E-state index is -0.757. The first-order valence-electron chi connectivity index (χ1n) is 4.81. The summed E-state index contributed by atoms with van der Waals surface area (Å²) in [4.78, 5) is 11.4. The zero-order chi connectivity index (χ0) is 11.3. The Morgan fingerprint density at radius 1 is 1.36 bits per heavy atom. The quantitative estimate of drug-likeness (QED) is 0.555. The summed E-state index contributed by atoms with van der Waals surface area (Å²) in [6, 6.07) is 0. The van der Waals surface area contributed by atoms with Gasteiger partial charge in [0.15, 0.2) is 0 Å². The van der Waals surface area contributed by atoms with Crippen LogP contribution in [-0.2, 0) is 9.53 Å². The number of allylic oxidation sites excluding steroid dienone is 1. The third kappa shape index (κ3) is 3.92. The first-order valence-corrected chi connectivity index (χ1v) is 4.81. The number of methoxy groups -OCH3 is 1. The monoisotopic (exact) mass is 200 g/mol. The maximum Gasteiger partial charge on any atom is 0.311 e. The van der Waals surface area contributed by atoms with Crippen LogP contribution in [0, 0.1) is 11.8 Å². The Labute approximate surface area is 85.8 Å². The van der Waals surface area contributed by atoms with Gasteiger partial charge in [-0.15, -0.1) is 0 Å². The summed E-state index contributed by atoms with van der Waals surface area (Å²) < 4.78 is 4.65. The standard InChI is InChI=1S/C11H20O3/c1-7(2)6-9(12)10(8(3)4)11(13)14-5/h6,8-10,12H,1-5H3. The first-order chi connectivity index (χ1) is 6.40. The van der Waals surface area contributed by atoms with Gasteiger partial charge in [0.25, 0.3) is 0 Å². The molecule has 0 rings (SSSR count). The molecule has 0 bridgehead atoms. The average Bonchev–Trinajstić information content (AvgIpc) is 2.01. The van der Waals surface area contributed by atoms with E-state index in [9.17, 15) is 9.90 Å². The summed E-state index contributed by atoms with van der Waals surface area (Å²) in [5, 5.41) is 9.77. The topological polar surface area (TPSA) is 46.5 Å². The lowest BCUT2D eigenvalue weighted by Gasteiger charge is -2.21. The number of hydrogen-bond donors (Lipinski definition) is 1. The van der Waals surface area contributed by atoms with Crippen LogP contribution in [0.2, 0.25) is 0 Å². The predicted octanol–water partition coefficient (Wildman–Crippen LogP) is 1.76. The molecule has 0 spiro atoms. The molecule has 0 saturated carbocycles. The van der Waals surface area contributed by atoms with E-state index in [0.29, 0.717) is 0 Å². The van der Waals surface area contributed by atoms with E-state index in [1.54, 1.807) is 6.08 Å². The molecular formula is C11H20O3. The predicted molar refractivity (Wildman–Crippen MR) is 55.8 cm³/mol. The molecule has 0 aromatic heterocycles. The molecule has 0 fully saturated rings. The van der Waals surface area contributed by atoms with Gasteiger partial charge in [-0.3, -0.25) is 4.79 Å². The lowest BCUT2D eigenvalue weighted by molar-refractivity contribution is -0.150. The summed E-state index contributed by atoms with van der Waals surface area (Å²) in [7, 11) is 1.34. The Bertz CT molecular complexity index is 215. The van der Waals surface area contributed by atoms with Crippen molar-refractivity contribution >= 4 is 5.97 Å². The molecule has 2 atom stereocenters. The van der Waals surface area contributed by atoms with E-state index in [1.807, 2.05) is 27.7 Å². The maximum atomic E-state index is 11.4. The van der Waals surface area contributed by atoms with Crippen molar-refractivity contribution in [2.45, 2.75) is 33.8 Å². The van der Waals surface area contributed by atoms with Gasteiger partial charge >= 0.3 is 5.97 Å². The van der Waals surface area contributed by atoms with Crippen LogP contribution >= 0.6 is 0 Å². The van der Waals surface area contributed by atoms with Gasteiger partial charge in [-0.1, -0.05) is 25.5 Å². The molecule has 1 N–H and O–H groups in total. The van der Waals surface area contributed by atoms with Crippen LogP contribution in [0.1, 0.15) is 27.7 Å². The van der Waals surface area contributed by atoms with Crippen LogP contribution in [0.5, 0.6) is 0 Å². The van der Waals surface area contributed by atoms with Crippen LogP contribution in [0.25, 0.3) is 0 Å². The molecule has 14 heavy (non-hydrogen) atoms. The van der Waals surface area contributed by atoms with Gasteiger partial charge in [0.2, 0.25) is 0 Å². The number of esters is 1. The fourth-order valence-corrected chi connectivity index (χ4v) is 1.39. The smallest absolute Gasteiger partial charge is 0.311 e. The lowest BCUT2D eigenvalue weighted by atomic mass is 9.89. The molecule has 0 aliphatic carbocycles. The molecular weight excluding hydrogens is 180 g/mol. The van der Waals surface area contributed by atoms with Crippen molar-refractivity contribution in [3.05, 3.63) is 11.6 Å². The highest BCUT2D eigenvalue weighted by Gasteiger charge is 2.29. The Hall–Kier alpha value is -0.830. The summed E-state index contributed by atoms with van der Waals surface area (Å²) in [6.45, 7) is 7.56. The molecule has 0 saturated heterocycles. The number of aliphatic hydroxyl groups is 1. The van der Waals surface area contributed by atoms with Crippen molar-refractivity contribution in [1.82, 2.24) is 0 Å². The van der Waals surface area contributed by atoms with Crippen molar-refractivity contribution in [3.8, 4) is 0 Å². The van der Waals surface area contributed by atoms with Gasteiger partial charge in [-0.25, -0.2) is 0 Å². The SMILES string of the molecule is COC(=O)C(C(C)C)C(O)C=C(C)C. The lowest BCUT2D eigenvalue weighted by Crippen LogP contribution is -2.32. The molecule has 0 aliphatic heterocycles. The number of ether oxygens (including phenoxy) is 1. The second-order valence-electron chi connectivity index (χ2n) is 4.03.